The molecule has 26 heavy (non-hydrogen) atoms. The fraction of sp³-hybridized carbons (Fsp3) is 0.238. The average Bonchev–Trinajstić information content (AvgIpc) is 2.85. The second-order valence-electron chi connectivity index (χ2n) is 6.49. The summed E-state index contributed by atoms with van der Waals surface area (Å²) in [5.41, 5.74) is 3.44. The molecule has 0 radical (unpaired) electrons. The molecule has 0 unspecified atom stereocenters. The first kappa shape index (κ1) is 16.5. The Balaban J connectivity index is 1.81. The minimum atomic E-state index is -0.282. The molecule has 0 aliphatic carbocycles. The normalized spacial score (nSPS) is 15.7. The summed E-state index contributed by atoms with van der Waals surface area (Å²) in [5.74, 6) is 0.508. The molecule has 4 rings (SSSR count). The van der Waals surface area contributed by atoms with Crippen LogP contribution in [0.25, 0.3) is 22.0 Å². The topological polar surface area (TPSA) is 44.1 Å². The highest BCUT2D eigenvalue weighted by Crippen LogP contribution is 2.24. The van der Waals surface area contributed by atoms with Crippen LogP contribution in [0.3, 0.4) is 0 Å². The first-order valence-corrected chi connectivity index (χ1v) is 8.66. The Kier molecular flexibility index (Phi) is 4.29. The number of hydrogen-bond donors (Lipinski definition) is 0. The fourth-order valence-corrected chi connectivity index (χ4v) is 3.47. The molecule has 0 saturated heterocycles. The van der Waals surface area contributed by atoms with Crippen molar-refractivity contribution >= 4 is 10.9 Å². The van der Waals surface area contributed by atoms with Gasteiger partial charge in [-0.1, -0.05) is 18.2 Å². The van der Waals surface area contributed by atoms with Crippen LogP contribution in [0.2, 0.25) is 0 Å². The Morgan fingerprint density at radius 3 is 2.77 bits per heavy atom. The maximum absolute atomic E-state index is 13.5. The van der Waals surface area contributed by atoms with Crippen molar-refractivity contribution in [3.05, 3.63) is 76.3 Å². The number of halogens is 1. The highest BCUT2D eigenvalue weighted by molar-refractivity contribution is 5.83. The predicted octanol–water partition coefficient (Wildman–Crippen LogP) is 4.07. The van der Waals surface area contributed by atoms with Crippen LogP contribution in [0.4, 0.5) is 4.39 Å². The average molecular weight is 350 g/mol. The van der Waals surface area contributed by atoms with Gasteiger partial charge in [0.1, 0.15) is 11.6 Å². The van der Waals surface area contributed by atoms with E-state index in [2.05, 4.69) is 0 Å². The zero-order valence-corrected chi connectivity index (χ0v) is 14.5. The second-order valence-corrected chi connectivity index (χ2v) is 6.49. The summed E-state index contributed by atoms with van der Waals surface area (Å²) in [4.78, 5) is 17.6. The highest BCUT2D eigenvalue weighted by Gasteiger charge is 2.16. The molecule has 1 aliphatic rings. The number of ether oxygens (including phenoxy) is 1. The number of nitrogens with zero attached hydrogens (tertiary/aromatic N) is 2. The summed E-state index contributed by atoms with van der Waals surface area (Å²) >= 11 is 0. The van der Waals surface area contributed by atoms with Gasteiger partial charge in [-0.15, -0.1) is 0 Å². The Hall–Kier alpha value is -2.95. The monoisotopic (exact) mass is 350 g/mol. The van der Waals surface area contributed by atoms with Gasteiger partial charge in [0.25, 0.3) is 5.56 Å². The molecule has 0 N–H and O–H groups in total. The van der Waals surface area contributed by atoms with Crippen molar-refractivity contribution in [2.45, 2.75) is 25.8 Å². The quantitative estimate of drug-likeness (QED) is 0.655. The van der Waals surface area contributed by atoms with E-state index in [9.17, 15) is 9.18 Å². The zero-order valence-electron chi connectivity index (χ0n) is 14.5. The molecule has 4 nitrogen and oxygen atoms in total. The number of aryl methyl sites for hydroxylation is 1. The van der Waals surface area contributed by atoms with E-state index in [1.165, 1.54) is 17.7 Å². The molecule has 0 spiro atoms. The summed E-state index contributed by atoms with van der Waals surface area (Å²) < 4.78 is 20.4. The SMILES string of the molecule is CO/C=C1/CCc2nc3cc(-c4cccc(F)c4)ccc3c(=O)n2CC1. The van der Waals surface area contributed by atoms with E-state index in [0.29, 0.717) is 23.9 Å². The van der Waals surface area contributed by atoms with Crippen LogP contribution >= 0.6 is 0 Å². The van der Waals surface area contributed by atoms with Crippen molar-refractivity contribution in [3.8, 4) is 11.1 Å². The van der Waals surface area contributed by atoms with Gasteiger partial charge in [-0.2, -0.15) is 0 Å². The number of benzene rings is 2. The number of fused-ring (bicyclic) bond motifs is 2. The molecule has 0 atom stereocenters. The Bertz CT molecular complexity index is 1070. The maximum Gasteiger partial charge on any atom is 0.261 e. The molecule has 132 valence electrons. The van der Waals surface area contributed by atoms with Crippen LogP contribution in [0.1, 0.15) is 18.7 Å². The summed E-state index contributed by atoms with van der Waals surface area (Å²) in [5, 5.41) is 0.591. The van der Waals surface area contributed by atoms with Crippen LogP contribution in [-0.2, 0) is 17.7 Å². The van der Waals surface area contributed by atoms with Crippen molar-refractivity contribution in [2.75, 3.05) is 7.11 Å². The number of hydrogen-bond acceptors (Lipinski definition) is 3. The zero-order chi connectivity index (χ0) is 18.1. The molecular formula is C21H19FN2O2. The van der Waals surface area contributed by atoms with Gasteiger partial charge in [-0.3, -0.25) is 9.36 Å². The Labute approximate surface area is 150 Å². The number of rotatable bonds is 2. The Morgan fingerprint density at radius 1 is 1.12 bits per heavy atom. The smallest absolute Gasteiger partial charge is 0.261 e. The Morgan fingerprint density at radius 2 is 1.96 bits per heavy atom. The molecular weight excluding hydrogens is 331 g/mol. The van der Waals surface area contributed by atoms with E-state index in [1.807, 2.05) is 18.2 Å². The third-order valence-corrected chi connectivity index (χ3v) is 4.80. The molecule has 3 aromatic rings. The van der Waals surface area contributed by atoms with E-state index in [1.54, 1.807) is 30.1 Å². The van der Waals surface area contributed by atoms with Gasteiger partial charge in [0.15, 0.2) is 0 Å². The lowest BCUT2D eigenvalue weighted by molar-refractivity contribution is 0.331. The number of allylic oxidation sites excluding steroid dienone is 1. The molecule has 5 heteroatoms. The molecule has 1 aliphatic heterocycles. The van der Waals surface area contributed by atoms with E-state index in [4.69, 9.17) is 9.72 Å². The third-order valence-electron chi connectivity index (χ3n) is 4.80. The van der Waals surface area contributed by atoms with Crippen LogP contribution in [0.5, 0.6) is 0 Å². The van der Waals surface area contributed by atoms with E-state index < -0.39 is 0 Å². The van der Waals surface area contributed by atoms with Crippen molar-refractivity contribution in [3.63, 3.8) is 0 Å². The third kappa shape index (κ3) is 3.01. The summed E-state index contributed by atoms with van der Waals surface area (Å²) in [7, 11) is 1.64. The lowest BCUT2D eigenvalue weighted by Gasteiger charge is -2.11. The second kappa shape index (κ2) is 6.75. The van der Waals surface area contributed by atoms with E-state index in [-0.39, 0.29) is 11.4 Å². The van der Waals surface area contributed by atoms with Gasteiger partial charge in [0.05, 0.1) is 24.3 Å². The molecule has 0 fully saturated rings. The van der Waals surface area contributed by atoms with Gasteiger partial charge in [0.2, 0.25) is 0 Å². The van der Waals surface area contributed by atoms with Gasteiger partial charge in [-0.25, -0.2) is 9.37 Å². The summed E-state index contributed by atoms with van der Waals surface area (Å²) in [6.07, 6.45) is 4.08. The van der Waals surface area contributed by atoms with Crippen LogP contribution < -0.4 is 5.56 Å². The number of methoxy groups -OCH3 is 1. The lowest BCUT2D eigenvalue weighted by Crippen LogP contribution is -2.24. The van der Waals surface area contributed by atoms with Crippen molar-refractivity contribution < 1.29 is 9.13 Å². The standard InChI is InChI=1S/C21H19FN2O2/c1-26-13-14-5-8-20-23-19-12-16(15-3-2-4-17(22)11-15)6-7-18(19)21(25)24(20)10-9-14/h2-4,6-7,11-13H,5,8-10H2,1H3/b14-13-. The van der Waals surface area contributed by atoms with Gasteiger partial charge in [0, 0.05) is 13.0 Å². The van der Waals surface area contributed by atoms with Gasteiger partial charge in [-0.05, 0) is 53.8 Å². The van der Waals surface area contributed by atoms with Crippen LogP contribution in [-0.4, -0.2) is 16.7 Å². The summed E-state index contributed by atoms with van der Waals surface area (Å²) in [6.45, 7) is 0.609. The lowest BCUT2D eigenvalue weighted by atomic mass is 10.0. The molecule has 0 amide bonds. The first-order chi connectivity index (χ1) is 12.7. The maximum atomic E-state index is 13.5. The highest BCUT2D eigenvalue weighted by atomic mass is 19.1. The minimum Gasteiger partial charge on any atom is -0.504 e. The van der Waals surface area contributed by atoms with Crippen molar-refractivity contribution in [1.29, 1.82) is 0 Å². The molecule has 0 bridgehead atoms. The largest absolute Gasteiger partial charge is 0.504 e. The predicted molar refractivity (Wildman–Crippen MR) is 99.4 cm³/mol. The molecule has 2 heterocycles. The minimum absolute atomic E-state index is 0.0190. The first-order valence-electron chi connectivity index (χ1n) is 8.66. The fourth-order valence-electron chi connectivity index (χ4n) is 3.47. The summed E-state index contributed by atoms with van der Waals surface area (Å²) in [6, 6.07) is 11.9. The van der Waals surface area contributed by atoms with E-state index >= 15 is 0 Å². The van der Waals surface area contributed by atoms with Gasteiger partial charge >= 0.3 is 0 Å². The van der Waals surface area contributed by atoms with Gasteiger partial charge < -0.3 is 4.74 Å². The molecule has 1 aromatic heterocycles. The molecule has 0 saturated carbocycles. The van der Waals surface area contributed by atoms with Crippen molar-refractivity contribution in [1.82, 2.24) is 9.55 Å². The molecule has 2 aromatic carbocycles. The van der Waals surface area contributed by atoms with Crippen molar-refractivity contribution in [2.24, 2.45) is 0 Å². The van der Waals surface area contributed by atoms with E-state index in [0.717, 1.165) is 29.8 Å². The number of aromatic nitrogens is 2. The van der Waals surface area contributed by atoms with Crippen LogP contribution in [0, 0.1) is 5.82 Å². The van der Waals surface area contributed by atoms with Crippen LogP contribution in [0.15, 0.2) is 59.1 Å².